The third-order valence-corrected chi connectivity index (χ3v) is 4.37. The summed E-state index contributed by atoms with van der Waals surface area (Å²) in [6.07, 6.45) is 0.570. The fourth-order valence-corrected chi connectivity index (χ4v) is 2.93. The molecule has 7 heteroatoms. The molecule has 0 fully saturated rings. The molecule has 0 aliphatic carbocycles. The first-order chi connectivity index (χ1) is 12.4. The van der Waals surface area contributed by atoms with Gasteiger partial charge in [0, 0.05) is 35.3 Å². The lowest BCUT2D eigenvalue weighted by molar-refractivity contribution is -0.123. The molecule has 2 aromatic rings. The second kappa shape index (κ2) is 9.46. The minimum absolute atomic E-state index is 0.0726. The van der Waals surface area contributed by atoms with Crippen LogP contribution in [0.25, 0.3) is 0 Å². The molecule has 5 nitrogen and oxygen atoms in total. The monoisotopic (exact) mass is 394 g/mol. The van der Waals surface area contributed by atoms with Gasteiger partial charge in [-0.15, -0.1) is 0 Å². The van der Waals surface area contributed by atoms with Crippen molar-refractivity contribution in [2.24, 2.45) is 0 Å². The van der Waals surface area contributed by atoms with Gasteiger partial charge in [-0.3, -0.25) is 9.59 Å². The van der Waals surface area contributed by atoms with Crippen LogP contribution in [0.2, 0.25) is 10.0 Å². The fourth-order valence-electron chi connectivity index (χ4n) is 2.42. The molecule has 0 bridgehead atoms. The van der Waals surface area contributed by atoms with Crippen molar-refractivity contribution < 1.29 is 14.3 Å². The largest absolute Gasteiger partial charge is 0.497 e. The number of anilines is 1. The molecular formula is C19H20Cl2N2O3. The van der Waals surface area contributed by atoms with E-state index in [2.05, 4.69) is 5.32 Å². The van der Waals surface area contributed by atoms with Crippen molar-refractivity contribution in [3.05, 3.63) is 58.1 Å². The van der Waals surface area contributed by atoms with Gasteiger partial charge in [0.25, 0.3) is 0 Å². The normalized spacial score (nSPS) is 10.3. The van der Waals surface area contributed by atoms with Crippen LogP contribution in [-0.4, -0.2) is 32.0 Å². The van der Waals surface area contributed by atoms with Crippen LogP contribution >= 0.6 is 23.2 Å². The Morgan fingerprint density at radius 3 is 2.58 bits per heavy atom. The average molecular weight is 395 g/mol. The standard InChI is InChI=1S/C19H20Cl2N2O3/c1-13(24)23(16-4-3-5-17(11-16)26-2)12-19(25)22-9-8-14-6-7-15(20)10-18(14)21/h3-7,10-11H,8-9,12H2,1-2H3,(H,22,25). The van der Waals surface area contributed by atoms with Gasteiger partial charge in [0.2, 0.25) is 11.8 Å². The SMILES string of the molecule is COc1cccc(N(CC(=O)NCCc2ccc(Cl)cc2Cl)C(C)=O)c1. The first-order valence-electron chi connectivity index (χ1n) is 8.03. The molecular weight excluding hydrogens is 375 g/mol. The number of benzene rings is 2. The summed E-state index contributed by atoms with van der Waals surface area (Å²) in [5, 5.41) is 3.93. The van der Waals surface area contributed by atoms with Crippen LogP contribution in [0, 0.1) is 0 Å². The molecule has 0 aliphatic rings. The van der Waals surface area contributed by atoms with E-state index in [-0.39, 0.29) is 18.4 Å². The van der Waals surface area contributed by atoms with Crippen LogP contribution in [0.5, 0.6) is 5.75 Å². The summed E-state index contributed by atoms with van der Waals surface area (Å²) < 4.78 is 5.16. The Bertz CT molecular complexity index is 796. The molecule has 2 aromatic carbocycles. The smallest absolute Gasteiger partial charge is 0.240 e. The van der Waals surface area contributed by atoms with E-state index in [4.69, 9.17) is 27.9 Å². The third kappa shape index (κ3) is 5.64. The number of amides is 2. The van der Waals surface area contributed by atoms with Gasteiger partial charge in [-0.2, -0.15) is 0 Å². The number of hydrogen-bond acceptors (Lipinski definition) is 3. The molecule has 2 amide bonds. The van der Waals surface area contributed by atoms with Crippen LogP contribution in [0.1, 0.15) is 12.5 Å². The van der Waals surface area contributed by atoms with Crippen LogP contribution in [0.4, 0.5) is 5.69 Å². The fraction of sp³-hybridized carbons (Fsp3) is 0.263. The Balaban J connectivity index is 1.94. The zero-order chi connectivity index (χ0) is 19.1. The summed E-state index contributed by atoms with van der Waals surface area (Å²) in [7, 11) is 1.55. The van der Waals surface area contributed by atoms with E-state index in [9.17, 15) is 9.59 Å². The molecule has 0 unspecified atom stereocenters. The number of ether oxygens (including phenoxy) is 1. The van der Waals surface area contributed by atoms with Crippen LogP contribution in [0.15, 0.2) is 42.5 Å². The van der Waals surface area contributed by atoms with Crippen molar-refractivity contribution in [3.8, 4) is 5.75 Å². The number of methoxy groups -OCH3 is 1. The highest BCUT2D eigenvalue weighted by atomic mass is 35.5. The van der Waals surface area contributed by atoms with Gasteiger partial charge in [-0.25, -0.2) is 0 Å². The highest BCUT2D eigenvalue weighted by Gasteiger charge is 2.16. The lowest BCUT2D eigenvalue weighted by Crippen LogP contribution is -2.40. The summed E-state index contributed by atoms with van der Waals surface area (Å²) in [5.41, 5.74) is 1.50. The molecule has 0 saturated heterocycles. The lowest BCUT2D eigenvalue weighted by atomic mass is 10.1. The lowest BCUT2D eigenvalue weighted by Gasteiger charge is -2.21. The second-order valence-electron chi connectivity index (χ2n) is 5.64. The van der Waals surface area contributed by atoms with E-state index in [1.165, 1.54) is 11.8 Å². The number of nitrogens with zero attached hydrogens (tertiary/aromatic N) is 1. The Kier molecular flexibility index (Phi) is 7.30. The number of halogens is 2. The van der Waals surface area contributed by atoms with Crippen molar-refractivity contribution >= 4 is 40.7 Å². The van der Waals surface area contributed by atoms with Gasteiger partial charge in [-0.05, 0) is 36.2 Å². The molecule has 1 N–H and O–H groups in total. The Morgan fingerprint density at radius 1 is 1.15 bits per heavy atom. The average Bonchev–Trinajstić information content (AvgIpc) is 2.61. The predicted octanol–water partition coefficient (Wildman–Crippen LogP) is 3.71. The van der Waals surface area contributed by atoms with Crippen molar-refractivity contribution in [1.82, 2.24) is 5.32 Å². The van der Waals surface area contributed by atoms with E-state index >= 15 is 0 Å². The van der Waals surface area contributed by atoms with E-state index in [0.717, 1.165) is 5.56 Å². The van der Waals surface area contributed by atoms with E-state index < -0.39 is 0 Å². The topological polar surface area (TPSA) is 58.6 Å². The molecule has 26 heavy (non-hydrogen) atoms. The minimum atomic E-state index is -0.256. The zero-order valence-electron chi connectivity index (χ0n) is 14.6. The van der Waals surface area contributed by atoms with Crippen LogP contribution in [0.3, 0.4) is 0 Å². The molecule has 0 heterocycles. The highest BCUT2D eigenvalue weighted by molar-refractivity contribution is 6.35. The van der Waals surface area contributed by atoms with E-state index in [1.807, 2.05) is 6.07 Å². The summed E-state index contributed by atoms with van der Waals surface area (Å²) in [6, 6.07) is 12.3. The second-order valence-corrected chi connectivity index (χ2v) is 6.49. The van der Waals surface area contributed by atoms with Gasteiger partial charge < -0.3 is 15.0 Å². The maximum atomic E-state index is 12.2. The molecule has 2 rings (SSSR count). The van der Waals surface area contributed by atoms with Gasteiger partial charge >= 0.3 is 0 Å². The predicted molar refractivity (Wildman–Crippen MR) is 104 cm³/mol. The number of carbonyl (C=O) groups is 2. The first kappa shape index (κ1) is 20.1. The number of nitrogens with one attached hydrogen (secondary N) is 1. The Morgan fingerprint density at radius 2 is 1.92 bits per heavy atom. The van der Waals surface area contributed by atoms with Crippen molar-refractivity contribution in [2.75, 3.05) is 25.1 Å². The quantitative estimate of drug-likeness (QED) is 0.778. The van der Waals surface area contributed by atoms with Crippen molar-refractivity contribution in [3.63, 3.8) is 0 Å². The summed E-state index contributed by atoms with van der Waals surface area (Å²) in [5.74, 6) is 0.133. The first-order valence-corrected chi connectivity index (χ1v) is 8.79. The summed E-state index contributed by atoms with van der Waals surface area (Å²) >= 11 is 12.0. The Hall–Kier alpha value is -2.24. The van der Waals surface area contributed by atoms with E-state index in [1.54, 1.807) is 43.5 Å². The van der Waals surface area contributed by atoms with Gasteiger partial charge in [0.1, 0.15) is 12.3 Å². The molecule has 0 spiro atoms. The zero-order valence-corrected chi connectivity index (χ0v) is 16.1. The number of rotatable bonds is 7. The molecule has 138 valence electrons. The molecule has 0 saturated carbocycles. The van der Waals surface area contributed by atoms with Gasteiger partial charge in [0.15, 0.2) is 0 Å². The number of carbonyl (C=O) groups excluding carboxylic acids is 2. The molecule has 0 aromatic heterocycles. The molecule has 0 radical (unpaired) electrons. The maximum absolute atomic E-state index is 12.2. The van der Waals surface area contributed by atoms with Gasteiger partial charge in [-0.1, -0.05) is 35.3 Å². The third-order valence-electron chi connectivity index (χ3n) is 3.78. The minimum Gasteiger partial charge on any atom is -0.497 e. The van der Waals surface area contributed by atoms with E-state index in [0.29, 0.717) is 34.4 Å². The summed E-state index contributed by atoms with van der Waals surface area (Å²) in [4.78, 5) is 25.5. The van der Waals surface area contributed by atoms with Crippen LogP contribution in [-0.2, 0) is 16.0 Å². The van der Waals surface area contributed by atoms with Gasteiger partial charge in [0.05, 0.1) is 7.11 Å². The molecule has 0 aliphatic heterocycles. The Labute approximate surface area is 162 Å². The number of hydrogen-bond donors (Lipinski definition) is 1. The van der Waals surface area contributed by atoms with Crippen LogP contribution < -0.4 is 15.0 Å². The molecule has 0 atom stereocenters. The van der Waals surface area contributed by atoms with Crippen molar-refractivity contribution in [2.45, 2.75) is 13.3 Å². The van der Waals surface area contributed by atoms with Crippen molar-refractivity contribution in [1.29, 1.82) is 0 Å². The highest BCUT2D eigenvalue weighted by Crippen LogP contribution is 2.22. The maximum Gasteiger partial charge on any atom is 0.240 e. The summed E-state index contributed by atoms with van der Waals surface area (Å²) in [6.45, 7) is 1.75.